The largest absolute Gasteiger partial charge is 0.491 e. The minimum Gasteiger partial charge on any atom is -0.491 e. The molecule has 1 N–H and O–H groups in total. The number of hydrogen-bond donors (Lipinski definition) is 1. The minimum absolute atomic E-state index is 0.109. The molecule has 2 aromatic rings. The molecule has 0 aliphatic heterocycles. The molecule has 2 aromatic carbocycles. The molecule has 0 unspecified atom stereocenters. The van der Waals surface area contributed by atoms with E-state index in [9.17, 15) is 4.79 Å². The van der Waals surface area contributed by atoms with Crippen molar-refractivity contribution in [3.05, 3.63) is 64.7 Å². The Labute approximate surface area is 137 Å². The van der Waals surface area contributed by atoms with Gasteiger partial charge in [-0.2, -0.15) is 0 Å². The van der Waals surface area contributed by atoms with Gasteiger partial charge in [0.25, 0.3) is 5.91 Å². The third-order valence-corrected chi connectivity index (χ3v) is 3.60. The van der Waals surface area contributed by atoms with E-state index in [-0.39, 0.29) is 5.91 Å². The lowest BCUT2D eigenvalue weighted by molar-refractivity contribution is 0.0942. The van der Waals surface area contributed by atoms with Crippen molar-refractivity contribution >= 4 is 5.91 Å². The Morgan fingerprint density at radius 2 is 1.74 bits per heavy atom. The van der Waals surface area contributed by atoms with Crippen LogP contribution in [0, 0.1) is 13.8 Å². The molecule has 4 heteroatoms. The number of aryl methyl sites for hydroxylation is 2. The first-order chi connectivity index (χ1) is 11.1. The summed E-state index contributed by atoms with van der Waals surface area (Å²) in [5, 5.41) is 2.89. The minimum atomic E-state index is -0.109. The van der Waals surface area contributed by atoms with Gasteiger partial charge in [0.2, 0.25) is 0 Å². The highest BCUT2D eigenvalue weighted by Crippen LogP contribution is 2.21. The maximum atomic E-state index is 12.3. The number of nitrogens with one attached hydrogen (secondary N) is 1. The SMILES string of the molecule is COCc1ccccc1C(=O)NCCOc1c(C)cccc1C. The van der Waals surface area contributed by atoms with Crippen molar-refractivity contribution < 1.29 is 14.3 Å². The summed E-state index contributed by atoms with van der Waals surface area (Å²) >= 11 is 0. The zero-order chi connectivity index (χ0) is 16.7. The third kappa shape index (κ3) is 4.57. The molecular formula is C19H23NO3. The number of rotatable bonds is 7. The summed E-state index contributed by atoms with van der Waals surface area (Å²) in [6.45, 7) is 5.34. The summed E-state index contributed by atoms with van der Waals surface area (Å²) in [6, 6.07) is 13.5. The first-order valence-electron chi connectivity index (χ1n) is 7.67. The van der Waals surface area contributed by atoms with E-state index in [2.05, 4.69) is 5.32 Å². The molecule has 1 amide bonds. The summed E-state index contributed by atoms with van der Waals surface area (Å²) in [4.78, 5) is 12.3. The first kappa shape index (κ1) is 17.0. The summed E-state index contributed by atoms with van der Waals surface area (Å²) in [5.74, 6) is 0.782. The third-order valence-electron chi connectivity index (χ3n) is 3.60. The lowest BCUT2D eigenvalue weighted by Gasteiger charge is -2.13. The molecule has 0 aromatic heterocycles. The van der Waals surface area contributed by atoms with Gasteiger partial charge in [0.15, 0.2) is 0 Å². The van der Waals surface area contributed by atoms with Crippen LogP contribution in [0.2, 0.25) is 0 Å². The molecule has 0 aliphatic carbocycles. The number of methoxy groups -OCH3 is 1. The molecule has 0 atom stereocenters. The van der Waals surface area contributed by atoms with E-state index in [4.69, 9.17) is 9.47 Å². The fourth-order valence-corrected chi connectivity index (χ4v) is 2.46. The van der Waals surface area contributed by atoms with Crippen LogP contribution in [-0.4, -0.2) is 26.2 Å². The fourth-order valence-electron chi connectivity index (χ4n) is 2.46. The molecular weight excluding hydrogens is 290 g/mol. The van der Waals surface area contributed by atoms with Crippen LogP contribution in [0.15, 0.2) is 42.5 Å². The molecule has 0 radical (unpaired) electrons. The Hall–Kier alpha value is -2.33. The Kier molecular flexibility index (Phi) is 6.18. The highest BCUT2D eigenvalue weighted by molar-refractivity contribution is 5.95. The van der Waals surface area contributed by atoms with Crippen molar-refractivity contribution in [2.24, 2.45) is 0 Å². The van der Waals surface area contributed by atoms with Crippen LogP contribution < -0.4 is 10.1 Å². The molecule has 0 aliphatic rings. The highest BCUT2D eigenvalue weighted by Gasteiger charge is 2.10. The fraction of sp³-hybridized carbons (Fsp3) is 0.316. The van der Waals surface area contributed by atoms with Crippen LogP contribution in [0.3, 0.4) is 0 Å². The molecule has 0 fully saturated rings. The zero-order valence-corrected chi connectivity index (χ0v) is 13.9. The monoisotopic (exact) mass is 313 g/mol. The van der Waals surface area contributed by atoms with Crippen LogP contribution in [0.4, 0.5) is 0 Å². The van der Waals surface area contributed by atoms with Crippen LogP contribution in [0.25, 0.3) is 0 Å². The van der Waals surface area contributed by atoms with Gasteiger partial charge in [-0.25, -0.2) is 0 Å². The van der Waals surface area contributed by atoms with Gasteiger partial charge in [-0.15, -0.1) is 0 Å². The van der Waals surface area contributed by atoms with Gasteiger partial charge in [0.1, 0.15) is 12.4 Å². The van der Waals surface area contributed by atoms with Crippen LogP contribution >= 0.6 is 0 Å². The quantitative estimate of drug-likeness (QED) is 0.798. The van der Waals surface area contributed by atoms with Gasteiger partial charge < -0.3 is 14.8 Å². The summed E-state index contributed by atoms with van der Waals surface area (Å²) in [7, 11) is 1.62. The van der Waals surface area contributed by atoms with Crippen molar-refractivity contribution in [3.63, 3.8) is 0 Å². The van der Waals surface area contributed by atoms with Crippen LogP contribution in [0.1, 0.15) is 27.0 Å². The average molecular weight is 313 g/mol. The average Bonchev–Trinajstić information content (AvgIpc) is 2.54. The number of hydrogen-bond acceptors (Lipinski definition) is 3. The Balaban J connectivity index is 1.88. The second kappa shape index (κ2) is 8.34. The van der Waals surface area contributed by atoms with E-state index in [0.717, 1.165) is 22.4 Å². The maximum absolute atomic E-state index is 12.3. The number of carbonyl (C=O) groups is 1. The number of carbonyl (C=O) groups excluding carboxylic acids is 1. The number of para-hydroxylation sites is 1. The standard InChI is InChI=1S/C19H23NO3/c1-14-7-6-8-15(2)18(14)23-12-11-20-19(21)17-10-5-4-9-16(17)13-22-3/h4-10H,11-13H2,1-3H3,(H,20,21). The molecule has 0 saturated heterocycles. The topological polar surface area (TPSA) is 47.6 Å². The molecule has 23 heavy (non-hydrogen) atoms. The predicted octanol–water partition coefficient (Wildman–Crippen LogP) is 3.26. The number of benzene rings is 2. The zero-order valence-electron chi connectivity index (χ0n) is 13.9. The second-order valence-corrected chi connectivity index (χ2v) is 5.42. The molecule has 4 nitrogen and oxygen atoms in total. The van der Waals surface area contributed by atoms with Crippen molar-refractivity contribution in [2.45, 2.75) is 20.5 Å². The van der Waals surface area contributed by atoms with Gasteiger partial charge >= 0.3 is 0 Å². The van der Waals surface area contributed by atoms with E-state index in [1.807, 2.05) is 50.2 Å². The maximum Gasteiger partial charge on any atom is 0.251 e. The molecule has 122 valence electrons. The molecule has 0 bridgehead atoms. The van der Waals surface area contributed by atoms with Gasteiger partial charge in [-0.3, -0.25) is 4.79 Å². The van der Waals surface area contributed by atoms with Crippen LogP contribution in [-0.2, 0) is 11.3 Å². The van der Waals surface area contributed by atoms with Gasteiger partial charge in [0.05, 0.1) is 13.2 Å². The second-order valence-electron chi connectivity index (χ2n) is 5.42. The Morgan fingerprint density at radius 3 is 2.43 bits per heavy atom. The summed E-state index contributed by atoms with van der Waals surface area (Å²) in [6.07, 6.45) is 0. The Morgan fingerprint density at radius 1 is 1.04 bits per heavy atom. The van der Waals surface area contributed by atoms with E-state index >= 15 is 0 Å². The summed E-state index contributed by atoms with van der Waals surface area (Å²) < 4.78 is 10.9. The van der Waals surface area contributed by atoms with Crippen molar-refractivity contribution in [2.75, 3.05) is 20.3 Å². The van der Waals surface area contributed by atoms with E-state index in [1.54, 1.807) is 13.2 Å². The van der Waals surface area contributed by atoms with Gasteiger partial charge in [-0.05, 0) is 36.6 Å². The van der Waals surface area contributed by atoms with Gasteiger partial charge in [0, 0.05) is 12.7 Å². The lowest BCUT2D eigenvalue weighted by atomic mass is 10.1. The Bertz CT molecular complexity index is 647. The van der Waals surface area contributed by atoms with E-state index in [1.165, 1.54) is 0 Å². The molecule has 0 saturated carbocycles. The predicted molar refractivity (Wildman–Crippen MR) is 90.9 cm³/mol. The van der Waals surface area contributed by atoms with Crippen molar-refractivity contribution in [1.82, 2.24) is 5.32 Å². The lowest BCUT2D eigenvalue weighted by Crippen LogP contribution is -2.29. The highest BCUT2D eigenvalue weighted by atomic mass is 16.5. The smallest absolute Gasteiger partial charge is 0.251 e. The van der Waals surface area contributed by atoms with Crippen molar-refractivity contribution in [3.8, 4) is 5.75 Å². The van der Waals surface area contributed by atoms with E-state index < -0.39 is 0 Å². The molecule has 0 heterocycles. The number of ether oxygens (including phenoxy) is 2. The van der Waals surface area contributed by atoms with E-state index in [0.29, 0.717) is 25.3 Å². The normalized spacial score (nSPS) is 10.4. The van der Waals surface area contributed by atoms with Gasteiger partial charge in [-0.1, -0.05) is 36.4 Å². The van der Waals surface area contributed by atoms with Crippen molar-refractivity contribution in [1.29, 1.82) is 0 Å². The van der Waals surface area contributed by atoms with Crippen LogP contribution in [0.5, 0.6) is 5.75 Å². The molecule has 2 rings (SSSR count). The molecule has 0 spiro atoms. The summed E-state index contributed by atoms with van der Waals surface area (Å²) in [5.41, 5.74) is 3.72. The first-order valence-corrected chi connectivity index (χ1v) is 7.67. The number of amides is 1.